The molecule has 0 aliphatic rings. The highest BCUT2D eigenvalue weighted by molar-refractivity contribution is 5.95. The average molecular weight is 286 g/mol. The first-order chi connectivity index (χ1) is 9.86. The van der Waals surface area contributed by atoms with Crippen molar-refractivity contribution in [3.8, 4) is 0 Å². The number of nitrogens with two attached hydrogens (primary N) is 1. The van der Waals surface area contributed by atoms with Gasteiger partial charge in [-0.05, 0) is 29.2 Å². The summed E-state index contributed by atoms with van der Waals surface area (Å²) in [6.45, 7) is 6.52. The summed E-state index contributed by atoms with van der Waals surface area (Å²) in [6, 6.07) is 9.05. The number of aromatic nitrogens is 2. The molecule has 5 heteroatoms. The molecule has 0 saturated carbocycles. The van der Waals surface area contributed by atoms with Gasteiger partial charge in [-0.25, -0.2) is 0 Å². The molecule has 2 aromatic rings. The lowest BCUT2D eigenvalue weighted by Crippen LogP contribution is -2.45. The zero-order chi connectivity index (χ0) is 15.5. The Kier molecular flexibility index (Phi) is 4.43. The Balaban J connectivity index is 2.06. The minimum absolute atomic E-state index is 0.168. The summed E-state index contributed by atoms with van der Waals surface area (Å²) < 4.78 is 1.84. The highest BCUT2D eigenvalue weighted by Gasteiger charge is 2.27. The van der Waals surface area contributed by atoms with E-state index in [1.807, 2.05) is 62.0 Å². The van der Waals surface area contributed by atoms with Gasteiger partial charge in [-0.15, -0.1) is 0 Å². The molecule has 5 nitrogen and oxygen atoms in total. The Labute approximate surface area is 125 Å². The minimum atomic E-state index is -0.549. The maximum absolute atomic E-state index is 12.1. The first kappa shape index (κ1) is 15.3. The van der Waals surface area contributed by atoms with E-state index in [1.165, 1.54) is 0 Å². The lowest BCUT2D eigenvalue weighted by molar-refractivity contribution is -0.119. The van der Waals surface area contributed by atoms with Crippen molar-refractivity contribution in [2.75, 3.05) is 5.32 Å². The van der Waals surface area contributed by atoms with Crippen molar-refractivity contribution in [1.29, 1.82) is 0 Å². The first-order valence-electron chi connectivity index (χ1n) is 6.99. The number of rotatable bonds is 4. The van der Waals surface area contributed by atoms with E-state index >= 15 is 0 Å². The van der Waals surface area contributed by atoms with Crippen LogP contribution in [-0.4, -0.2) is 21.7 Å². The van der Waals surface area contributed by atoms with Crippen LogP contribution in [0.25, 0.3) is 0 Å². The second kappa shape index (κ2) is 6.10. The third-order valence-electron chi connectivity index (χ3n) is 3.31. The molecule has 1 aromatic carbocycles. The molecule has 0 bridgehead atoms. The van der Waals surface area contributed by atoms with Gasteiger partial charge in [-0.1, -0.05) is 32.9 Å². The molecule has 112 valence electrons. The number of benzene rings is 1. The highest BCUT2D eigenvalue weighted by atomic mass is 16.2. The largest absolute Gasteiger partial charge is 0.325 e. The zero-order valence-electron chi connectivity index (χ0n) is 12.7. The van der Waals surface area contributed by atoms with E-state index in [9.17, 15) is 4.79 Å². The Morgan fingerprint density at radius 1 is 1.38 bits per heavy atom. The smallest absolute Gasteiger partial charge is 0.241 e. The summed E-state index contributed by atoms with van der Waals surface area (Å²) in [5, 5.41) is 7.05. The maximum atomic E-state index is 12.1. The summed E-state index contributed by atoms with van der Waals surface area (Å²) in [5.41, 5.74) is 7.52. The molecule has 1 amide bonds. The van der Waals surface area contributed by atoms with Crippen molar-refractivity contribution in [3.05, 3.63) is 48.3 Å². The number of anilines is 1. The van der Waals surface area contributed by atoms with E-state index < -0.39 is 6.04 Å². The van der Waals surface area contributed by atoms with Crippen LogP contribution in [0.3, 0.4) is 0 Å². The quantitative estimate of drug-likeness (QED) is 0.905. The standard InChI is InChI=1S/C16H22N4O/c1-16(2,3)14(17)15(21)19-13-7-4-6-12(10-13)11-20-9-5-8-18-20/h4-10,14H,11,17H2,1-3H3,(H,19,21). The number of nitrogens with zero attached hydrogens (tertiary/aromatic N) is 2. The molecule has 21 heavy (non-hydrogen) atoms. The van der Waals surface area contributed by atoms with Gasteiger partial charge in [-0.2, -0.15) is 5.10 Å². The molecule has 0 aliphatic heterocycles. The van der Waals surface area contributed by atoms with E-state index in [-0.39, 0.29) is 11.3 Å². The van der Waals surface area contributed by atoms with E-state index in [2.05, 4.69) is 10.4 Å². The number of amides is 1. The Hall–Kier alpha value is -2.14. The SMILES string of the molecule is CC(C)(C)C(N)C(=O)Nc1cccc(Cn2cccn2)c1. The van der Waals surface area contributed by atoms with Gasteiger partial charge in [0.05, 0.1) is 12.6 Å². The average Bonchev–Trinajstić information content (AvgIpc) is 2.90. The Morgan fingerprint density at radius 3 is 2.76 bits per heavy atom. The molecule has 0 fully saturated rings. The van der Waals surface area contributed by atoms with Crippen LogP contribution in [0.1, 0.15) is 26.3 Å². The first-order valence-corrected chi connectivity index (χ1v) is 6.99. The molecular formula is C16H22N4O. The number of carbonyl (C=O) groups is 1. The van der Waals surface area contributed by atoms with Gasteiger partial charge in [0.1, 0.15) is 0 Å². The van der Waals surface area contributed by atoms with Crippen molar-refractivity contribution in [2.24, 2.45) is 11.1 Å². The van der Waals surface area contributed by atoms with Crippen LogP contribution in [0.2, 0.25) is 0 Å². The Morgan fingerprint density at radius 2 is 2.14 bits per heavy atom. The van der Waals surface area contributed by atoms with Crippen LogP contribution in [0, 0.1) is 5.41 Å². The van der Waals surface area contributed by atoms with E-state index in [0.29, 0.717) is 6.54 Å². The molecule has 0 radical (unpaired) electrons. The van der Waals surface area contributed by atoms with Crippen LogP contribution in [0.4, 0.5) is 5.69 Å². The zero-order valence-corrected chi connectivity index (χ0v) is 12.7. The van der Waals surface area contributed by atoms with Gasteiger partial charge in [0.25, 0.3) is 0 Å². The molecule has 0 saturated heterocycles. The summed E-state index contributed by atoms with van der Waals surface area (Å²) >= 11 is 0. The molecule has 3 N–H and O–H groups in total. The monoisotopic (exact) mass is 286 g/mol. The Bertz CT molecular complexity index is 599. The van der Waals surface area contributed by atoms with Gasteiger partial charge in [-0.3, -0.25) is 9.48 Å². The molecule has 0 spiro atoms. The number of hydrogen-bond acceptors (Lipinski definition) is 3. The number of nitrogens with one attached hydrogen (secondary N) is 1. The van der Waals surface area contributed by atoms with Gasteiger partial charge in [0.15, 0.2) is 0 Å². The van der Waals surface area contributed by atoms with Gasteiger partial charge in [0, 0.05) is 18.1 Å². The molecular weight excluding hydrogens is 264 g/mol. The summed E-state index contributed by atoms with van der Waals surface area (Å²) in [6.07, 6.45) is 3.65. The molecule has 2 rings (SSSR count). The summed E-state index contributed by atoms with van der Waals surface area (Å²) in [7, 11) is 0. The van der Waals surface area contributed by atoms with E-state index in [4.69, 9.17) is 5.73 Å². The predicted molar refractivity (Wildman–Crippen MR) is 83.8 cm³/mol. The summed E-state index contributed by atoms with van der Waals surface area (Å²) in [4.78, 5) is 12.1. The van der Waals surface area contributed by atoms with Crippen LogP contribution in [0.5, 0.6) is 0 Å². The normalized spacial score (nSPS) is 13.0. The topological polar surface area (TPSA) is 72.9 Å². The maximum Gasteiger partial charge on any atom is 0.241 e. The van der Waals surface area contributed by atoms with Gasteiger partial charge in [0.2, 0.25) is 5.91 Å². The minimum Gasteiger partial charge on any atom is -0.325 e. The molecule has 1 heterocycles. The number of carbonyl (C=O) groups excluding carboxylic acids is 1. The van der Waals surface area contributed by atoms with Crippen molar-refractivity contribution in [1.82, 2.24) is 9.78 Å². The van der Waals surface area contributed by atoms with Crippen molar-refractivity contribution >= 4 is 11.6 Å². The van der Waals surface area contributed by atoms with Crippen LogP contribution in [-0.2, 0) is 11.3 Å². The van der Waals surface area contributed by atoms with E-state index in [0.717, 1.165) is 11.3 Å². The fraction of sp³-hybridized carbons (Fsp3) is 0.375. The van der Waals surface area contributed by atoms with E-state index in [1.54, 1.807) is 6.20 Å². The second-order valence-electron chi connectivity index (χ2n) is 6.24. The van der Waals surface area contributed by atoms with Crippen molar-refractivity contribution in [3.63, 3.8) is 0 Å². The highest BCUT2D eigenvalue weighted by Crippen LogP contribution is 2.19. The second-order valence-corrected chi connectivity index (χ2v) is 6.24. The van der Waals surface area contributed by atoms with Gasteiger partial charge < -0.3 is 11.1 Å². The lowest BCUT2D eigenvalue weighted by atomic mass is 9.87. The third kappa shape index (κ3) is 4.16. The molecule has 1 atom stereocenters. The van der Waals surface area contributed by atoms with Crippen molar-refractivity contribution in [2.45, 2.75) is 33.4 Å². The fourth-order valence-electron chi connectivity index (χ4n) is 1.94. The van der Waals surface area contributed by atoms with Crippen LogP contribution in [0.15, 0.2) is 42.7 Å². The molecule has 1 aromatic heterocycles. The summed E-state index contributed by atoms with van der Waals surface area (Å²) in [5.74, 6) is -0.168. The third-order valence-corrected chi connectivity index (χ3v) is 3.31. The van der Waals surface area contributed by atoms with Crippen LogP contribution >= 0.6 is 0 Å². The van der Waals surface area contributed by atoms with Crippen LogP contribution < -0.4 is 11.1 Å². The predicted octanol–water partition coefficient (Wildman–Crippen LogP) is 2.24. The molecule has 0 aliphatic carbocycles. The molecule has 1 unspecified atom stereocenters. The van der Waals surface area contributed by atoms with Crippen molar-refractivity contribution < 1.29 is 4.79 Å². The van der Waals surface area contributed by atoms with Gasteiger partial charge >= 0.3 is 0 Å². The lowest BCUT2D eigenvalue weighted by Gasteiger charge is -2.25. The fourth-order valence-corrected chi connectivity index (χ4v) is 1.94. The number of hydrogen-bond donors (Lipinski definition) is 2.